The number of ether oxygens (including phenoxy) is 1. The summed E-state index contributed by atoms with van der Waals surface area (Å²) >= 11 is 0. The van der Waals surface area contributed by atoms with Gasteiger partial charge in [0.1, 0.15) is 0 Å². The number of esters is 1. The zero-order valence-electron chi connectivity index (χ0n) is 9.83. The summed E-state index contributed by atoms with van der Waals surface area (Å²) in [6, 6.07) is 7.35. The van der Waals surface area contributed by atoms with Crippen LogP contribution >= 0.6 is 0 Å². The lowest BCUT2D eigenvalue weighted by Crippen LogP contribution is -2.07. The Kier molecular flexibility index (Phi) is 3.52. The van der Waals surface area contributed by atoms with E-state index in [9.17, 15) is 9.90 Å². The number of hydrogen-bond acceptors (Lipinski definition) is 5. The number of aromatic nitrogens is 2. The Balaban J connectivity index is 2.31. The molecule has 1 N–H and O–H groups in total. The average Bonchev–Trinajstić information content (AvgIpc) is 2.39. The highest BCUT2D eigenvalue weighted by atomic mass is 16.5. The van der Waals surface area contributed by atoms with Crippen LogP contribution in [0.4, 0.5) is 0 Å². The summed E-state index contributed by atoms with van der Waals surface area (Å²) in [6.45, 7) is 1.88. The number of hydrogen-bond donors (Lipinski definition) is 1. The van der Waals surface area contributed by atoms with Gasteiger partial charge in [-0.25, -0.2) is 9.78 Å². The first-order chi connectivity index (χ1) is 8.70. The molecule has 1 aromatic heterocycles. The van der Waals surface area contributed by atoms with Gasteiger partial charge in [0.05, 0.1) is 29.5 Å². The largest absolute Gasteiger partial charge is 0.502 e. The zero-order valence-corrected chi connectivity index (χ0v) is 9.83. The molecule has 0 radical (unpaired) electrons. The predicted molar refractivity (Wildman–Crippen MR) is 66.8 cm³/mol. The normalized spacial score (nSPS) is 11.5. The predicted octanol–water partition coefficient (Wildman–Crippen LogP) is 2.09. The van der Waals surface area contributed by atoms with E-state index in [1.54, 1.807) is 13.0 Å². The number of para-hydroxylation sites is 2. The lowest BCUT2D eigenvalue weighted by Gasteiger charge is -2.01. The third kappa shape index (κ3) is 2.63. The fraction of sp³-hybridized carbons (Fsp3) is 0.154. The summed E-state index contributed by atoms with van der Waals surface area (Å²) in [5.41, 5.74) is 1.85. The van der Waals surface area contributed by atoms with Crippen molar-refractivity contribution in [2.45, 2.75) is 6.92 Å². The SMILES string of the molecule is CCOC(=O)/C(O)=C/c1cnc2ccccc2n1. The Morgan fingerprint density at radius 2 is 2.11 bits per heavy atom. The van der Waals surface area contributed by atoms with Crippen molar-refractivity contribution in [2.24, 2.45) is 0 Å². The topological polar surface area (TPSA) is 72.3 Å². The fourth-order valence-corrected chi connectivity index (χ4v) is 1.45. The standard InChI is InChI=1S/C13H12N2O3/c1-2-18-13(17)12(16)7-9-8-14-10-5-3-4-6-11(10)15-9/h3-8,16H,2H2,1H3/b12-7-. The van der Waals surface area contributed by atoms with Crippen molar-refractivity contribution >= 4 is 23.1 Å². The summed E-state index contributed by atoms with van der Waals surface area (Å²) in [4.78, 5) is 19.6. The van der Waals surface area contributed by atoms with Gasteiger partial charge >= 0.3 is 5.97 Å². The zero-order chi connectivity index (χ0) is 13.0. The van der Waals surface area contributed by atoms with Crippen molar-refractivity contribution < 1.29 is 14.6 Å². The second kappa shape index (κ2) is 5.27. The molecule has 0 aliphatic carbocycles. The van der Waals surface area contributed by atoms with E-state index in [0.29, 0.717) is 11.2 Å². The third-order valence-corrected chi connectivity index (χ3v) is 2.24. The number of fused-ring (bicyclic) bond motifs is 1. The Morgan fingerprint density at radius 3 is 2.83 bits per heavy atom. The maximum Gasteiger partial charge on any atom is 0.373 e. The maximum absolute atomic E-state index is 11.2. The second-order valence-corrected chi connectivity index (χ2v) is 3.53. The highest BCUT2D eigenvalue weighted by Gasteiger charge is 2.08. The van der Waals surface area contributed by atoms with Crippen LogP contribution in [-0.2, 0) is 9.53 Å². The number of aliphatic hydroxyl groups is 1. The molecule has 0 saturated heterocycles. The van der Waals surface area contributed by atoms with Crippen molar-refractivity contribution in [1.82, 2.24) is 9.97 Å². The molecule has 0 fully saturated rings. The van der Waals surface area contributed by atoms with Crippen molar-refractivity contribution in [1.29, 1.82) is 0 Å². The van der Waals surface area contributed by atoms with Crippen LogP contribution in [0.1, 0.15) is 12.6 Å². The summed E-state index contributed by atoms with van der Waals surface area (Å²) in [5, 5.41) is 9.49. The van der Waals surface area contributed by atoms with Gasteiger partial charge in [-0.1, -0.05) is 12.1 Å². The molecule has 0 unspecified atom stereocenters. The summed E-state index contributed by atoms with van der Waals surface area (Å²) in [6.07, 6.45) is 2.72. The molecule has 2 rings (SSSR count). The van der Waals surface area contributed by atoms with Gasteiger partial charge in [0.2, 0.25) is 5.76 Å². The molecule has 0 saturated carbocycles. The first-order valence-corrected chi connectivity index (χ1v) is 5.50. The summed E-state index contributed by atoms with van der Waals surface area (Å²) < 4.78 is 4.66. The van der Waals surface area contributed by atoms with Crippen LogP contribution in [-0.4, -0.2) is 27.7 Å². The number of benzene rings is 1. The van der Waals surface area contributed by atoms with E-state index < -0.39 is 11.7 Å². The lowest BCUT2D eigenvalue weighted by atomic mass is 10.3. The highest BCUT2D eigenvalue weighted by molar-refractivity contribution is 5.90. The van der Waals surface area contributed by atoms with E-state index in [1.165, 1.54) is 12.3 Å². The number of aliphatic hydroxyl groups excluding tert-OH is 1. The van der Waals surface area contributed by atoms with Crippen molar-refractivity contribution in [3.63, 3.8) is 0 Å². The molecule has 5 heteroatoms. The van der Waals surface area contributed by atoms with Gasteiger partial charge in [0, 0.05) is 6.08 Å². The number of rotatable bonds is 3. The molecule has 1 heterocycles. The smallest absolute Gasteiger partial charge is 0.373 e. The van der Waals surface area contributed by atoms with Gasteiger partial charge < -0.3 is 9.84 Å². The van der Waals surface area contributed by atoms with E-state index in [4.69, 9.17) is 0 Å². The van der Waals surface area contributed by atoms with E-state index in [0.717, 1.165) is 5.52 Å². The number of carbonyl (C=O) groups excluding carboxylic acids is 1. The van der Waals surface area contributed by atoms with Crippen molar-refractivity contribution in [3.8, 4) is 0 Å². The van der Waals surface area contributed by atoms with E-state index >= 15 is 0 Å². The molecule has 5 nitrogen and oxygen atoms in total. The van der Waals surface area contributed by atoms with Crippen LogP contribution in [0.3, 0.4) is 0 Å². The Morgan fingerprint density at radius 1 is 1.39 bits per heavy atom. The fourth-order valence-electron chi connectivity index (χ4n) is 1.45. The van der Waals surface area contributed by atoms with E-state index in [2.05, 4.69) is 14.7 Å². The van der Waals surface area contributed by atoms with Gasteiger partial charge in [-0.05, 0) is 19.1 Å². The summed E-state index contributed by atoms with van der Waals surface area (Å²) in [7, 11) is 0. The van der Waals surface area contributed by atoms with Gasteiger partial charge in [0.25, 0.3) is 0 Å². The Bertz CT molecular complexity index is 608. The Labute approximate surface area is 104 Å². The van der Waals surface area contributed by atoms with Gasteiger partial charge in [-0.3, -0.25) is 4.98 Å². The molecule has 1 aromatic carbocycles. The second-order valence-electron chi connectivity index (χ2n) is 3.53. The molecule has 2 aromatic rings. The molecule has 0 atom stereocenters. The highest BCUT2D eigenvalue weighted by Crippen LogP contribution is 2.10. The first-order valence-electron chi connectivity index (χ1n) is 5.50. The van der Waals surface area contributed by atoms with E-state index in [-0.39, 0.29) is 6.61 Å². The van der Waals surface area contributed by atoms with Crippen LogP contribution in [0.5, 0.6) is 0 Å². The van der Waals surface area contributed by atoms with Gasteiger partial charge in [-0.2, -0.15) is 0 Å². The minimum Gasteiger partial charge on any atom is -0.502 e. The molecular formula is C13H12N2O3. The van der Waals surface area contributed by atoms with Crippen LogP contribution < -0.4 is 0 Å². The van der Waals surface area contributed by atoms with Gasteiger partial charge in [0.15, 0.2) is 0 Å². The van der Waals surface area contributed by atoms with Crippen LogP contribution in [0, 0.1) is 0 Å². The molecule has 0 aliphatic rings. The molecule has 0 amide bonds. The number of carbonyl (C=O) groups is 1. The monoisotopic (exact) mass is 244 g/mol. The summed E-state index contributed by atoms with van der Waals surface area (Å²) in [5.74, 6) is -1.26. The number of nitrogens with zero attached hydrogens (tertiary/aromatic N) is 2. The maximum atomic E-state index is 11.2. The van der Waals surface area contributed by atoms with Crippen LogP contribution in [0.2, 0.25) is 0 Å². The van der Waals surface area contributed by atoms with Crippen LogP contribution in [0.15, 0.2) is 36.2 Å². The molecule has 92 valence electrons. The van der Waals surface area contributed by atoms with Crippen LogP contribution in [0.25, 0.3) is 17.1 Å². The minimum absolute atomic E-state index is 0.208. The quantitative estimate of drug-likeness (QED) is 0.508. The van der Waals surface area contributed by atoms with E-state index in [1.807, 2.05) is 18.2 Å². The Hall–Kier alpha value is -2.43. The van der Waals surface area contributed by atoms with Crippen molar-refractivity contribution in [2.75, 3.05) is 6.61 Å². The first kappa shape index (κ1) is 12.0. The molecule has 0 aliphatic heterocycles. The van der Waals surface area contributed by atoms with Crippen molar-refractivity contribution in [3.05, 3.63) is 41.9 Å². The minimum atomic E-state index is -0.771. The molecule has 0 bridgehead atoms. The average molecular weight is 244 g/mol. The third-order valence-electron chi connectivity index (χ3n) is 2.24. The molecule has 0 spiro atoms. The lowest BCUT2D eigenvalue weighted by molar-refractivity contribution is -0.141. The molecular weight excluding hydrogens is 232 g/mol. The molecule has 18 heavy (non-hydrogen) atoms. The van der Waals surface area contributed by atoms with Gasteiger partial charge in [-0.15, -0.1) is 0 Å².